The summed E-state index contributed by atoms with van der Waals surface area (Å²) in [4.78, 5) is 14.0. The first kappa shape index (κ1) is 11.3. The predicted molar refractivity (Wildman–Crippen MR) is 64.9 cm³/mol. The first-order chi connectivity index (χ1) is 8.27. The average Bonchev–Trinajstić information content (AvgIpc) is 3.03. The Kier molecular flexibility index (Phi) is 2.99. The summed E-state index contributed by atoms with van der Waals surface area (Å²) in [5, 5.41) is 3.16. The van der Waals surface area contributed by atoms with Gasteiger partial charge in [0, 0.05) is 19.2 Å². The van der Waals surface area contributed by atoms with E-state index in [0.29, 0.717) is 6.04 Å². The number of hydrogen-bond donors (Lipinski definition) is 1. The van der Waals surface area contributed by atoms with E-state index in [9.17, 15) is 4.79 Å². The van der Waals surface area contributed by atoms with Crippen molar-refractivity contribution in [3.05, 3.63) is 0 Å². The fourth-order valence-electron chi connectivity index (χ4n) is 3.43. The van der Waals surface area contributed by atoms with E-state index in [2.05, 4.69) is 5.32 Å². The van der Waals surface area contributed by atoms with Gasteiger partial charge in [-0.05, 0) is 32.1 Å². The molecule has 1 N–H and O–H groups in total. The highest BCUT2D eigenvalue weighted by Crippen LogP contribution is 2.34. The van der Waals surface area contributed by atoms with E-state index in [0.717, 1.165) is 51.8 Å². The van der Waals surface area contributed by atoms with Gasteiger partial charge in [0.1, 0.15) is 0 Å². The van der Waals surface area contributed by atoms with Gasteiger partial charge in [0.15, 0.2) is 0 Å². The zero-order chi connectivity index (χ0) is 11.7. The van der Waals surface area contributed by atoms with Gasteiger partial charge in [0.25, 0.3) is 0 Å². The molecule has 2 heterocycles. The Morgan fingerprint density at radius 1 is 1.24 bits per heavy atom. The van der Waals surface area contributed by atoms with Crippen LogP contribution in [0.15, 0.2) is 0 Å². The summed E-state index contributed by atoms with van der Waals surface area (Å²) in [6.45, 7) is 2.53. The van der Waals surface area contributed by atoms with Crippen molar-refractivity contribution in [3.8, 4) is 0 Å². The predicted octanol–water partition coefficient (Wildman–Crippen LogP) is 1.89. The SMILES string of the molecule is O=C(NC1CCCC1)N1CCC2(CCCO2)C1. The third-order valence-electron chi connectivity index (χ3n) is 4.47. The quantitative estimate of drug-likeness (QED) is 0.758. The largest absolute Gasteiger partial charge is 0.373 e. The van der Waals surface area contributed by atoms with Crippen LogP contribution in [-0.4, -0.2) is 42.3 Å². The van der Waals surface area contributed by atoms with Crippen LogP contribution in [0.3, 0.4) is 0 Å². The lowest BCUT2D eigenvalue weighted by Crippen LogP contribution is -2.44. The molecule has 1 atom stereocenters. The summed E-state index contributed by atoms with van der Waals surface area (Å²) in [6, 6.07) is 0.549. The van der Waals surface area contributed by atoms with Gasteiger partial charge >= 0.3 is 6.03 Å². The Bertz CT molecular complexity index is 294. The smallest absolute Gasteiger partial charge is 0.317 e. The number of carbonyl (C=O) groups is 1. The van der Waals surface area contributed by atoms with Crippen molar-refractivity contribution in [2.75, 3.05) is 19.7 Å². The van der Waals surface area contributed by atoms with Gasteiger partial charge in [-0.1, -0.05) is 12.8 Å². The molecule has 0 aromatic carbocycles. The molecule has 2 amide bonds. The second kappa shape index (κ2) is 4.48. The van der Waals surface area contributed by atoms with Crippen LogP contribution in [0.25, 0.3) is 0 Å². The van der Waals surface area contributed by atoms with E-state index in [1.807, 2.05) is 4.90 Å². The minimum Gasteiger partial charge on any atom is -0.373 e. The Morgan fingerprint density at radius 2 is 2.06 bits per heavy atom. The summed E-state index contributed by atoms with van der Waals surface area (Å²) in [5.74, 6) is 0. The third kappa shape index (κ3) is 2.28. The molecule has 2 saturated heterocycles. The summed E-state index contributed by atoms with van der Waals surface area (Å²) in [6.07, 6.45) is 8.13. The van der Waals surface area contributed by atoms with Crippen LogP contribution in [0.4, 0.5) is 4.79 Å². The summed E-state index contributed by atoms with van der Waals surface area (Å²) >= 11 is 0. The van der Waals surface area contributed by atoms with Crippen LogP contribution in [0.1, 0.15) is 44.9 Å². The normalized spacial score (nSPS) is 33.8. The second-order valence-electron chi connectivity index (χ2n) is 5.74. The van der Waals surface area contributed by atoms with E-state index in [1.54, 1.807) is 0 Å². The van der Waals surface area contributed by atoms with E-state index in [4.69, 9.17) is 4.74 Å². The Balaban J connectivity index is 1.53. The second-order valence-corrected chi connectivity index (χ2v) is 5.74. The van der Waals surface area contributed by atoms with E-state index in [-0.39, 0.29) is 11.6 Å². The lowest BCUT2D eigenvalue weighted by atomic mass is 10.00. The Labute approximate surface area is 103 Å². The number of amides is 2. The number of ether oxygens (including phenoxy) is 1. The lowest BCUT2D eigenvalue weighted by Gasteiger charge is -2.24. The highest BCUT2D eigenvalue weighted by atomic mass is 16.5. The molecule has 96 valence electrons. The van der Waals surface area contributed by atoms with Crippen LogP contribution in [0.5, 0.6) is 0 Å². The van der Waals surface area contributed by atoms with E-state index < -0.39 is 0 Å². The minimum absolute atomic E-state index is 0.00696. The van der Waals surface area contributed by atoms with E-state index >= 15 is 0 Å². The third-order valence-corrected chi connectivity index (χ3v) is 4.47. The number of rotatable bonds is 1. The molecule has 17 heavy (non-hydrogen) atoms. The molecule has 0 bridgehead atoms. The average molecular weight is 238 g/mol. The first-order valence-electron chi connectivity index (χ1n) is 6.97. The van der Waals surface area contributed by atoms with Gasteiger partial charge in [-0.25, -0.2) is 4.79 Å². The highest BCUT2D eigenvalue weighted by molar-refractivity contribution is 5.75. The molecule has 3 aliphatic rings. The fourth-order valence-corrected chi connectivity index (χ4v) is 3.43. The zero-order valence-electron chi connectivity index (χ0n) is 10.4. The van der Waals surface area contributed by atoms with Crippen LogP contribution < -0.4 is 5.32 Å². The van der Waals surface area contributed by atoms with Gasteiger partial charge in [-0.15, -0.1) is 0 Å². The molecule has 0 aromatic rings. The lowest BCUT2D eigenvalue weighted by molar-refractivity contribution is 0.0152. The molecule has 1 aliphatic carbocycles. The zero-order valence-corrected chi connectivity index (χ0v) is 10.4. The Hall–Kier alpha value is -0.770. The van der Waals surface area contributed by atoms with Crippen molar-refractivity contribution in [2.24, 2.45) is 0 Å². The van der Waals surface area contributed by atoms with Crippen molar-refractivity contribution >= 4 is 6.03 Å². The number of carbonyl (C=O) groups excluding carboxylic acids is 1. The maximum atomic E-state index is 12.1. The van der Waals surface area contributed by atoms with Crippen molar-refractivity contribution < 1.29 is 9.53 Å². The monoisotopic (exact) mass is 238 g/mol. The molecule has 4 heteroatoms. The highest BCUT2D eigenvalue weighted by Gasteiger charge is 2.43. The maximum Gasteiger partial charge on any atom is 0.317 e. The molecule has 3 rings (SSSR count). The van der Waals surface area contributed by atoms with Crippen LogP contribution in [0.2, 0.25) is 0 Å². The Morgan fingerprint density at radius 3 is 2.76 bits per heavy atom. The fraction of sp³-hybridized carbons (Fsp3) is 0.923. The van der Waals surface area contributed by atoms with E-state index in [1.165, 1.54) is 12.8 Å². The van der Waals surface area contributed by atoms with Crippen molar-refractivity contribution in [1.82, 2.24) is 10.2 Å². The van der Waals surface area contributed by atoms with Crippen molar-refractivity contribution in [2.45, 2.75) is 56.6 Å². The molecule has 1 unspecified atom stereocenters. The standard InChI is InChI=1S/C13H22N2O2/c16-12(14-11-4-1-2-5-11)15-8-7-13(10-15)6-3-9-17-13/h11H,1-10H2,(H,14,16). The van der Waals surface area contributed by atoms with Gasteiger partial charge < -0.3 is 15.0 Å². The topological polar surface area (TPSA) is 41.6 Å². The molecular weight excluding hydrogens is 216 g/mol. The van der Waals surface area contributed by atoms with Crippen LogP contribution in [0, 0.1) is 0 Å². The molecular formula is C13H22N2O2. The van der Waals surface area contributed by atoms with Gasteiger partial charge in [0.05, 0.1) is 12.1 Å². The van der Waals surface area contributed by atoms with Gasteiger partial charge in [0.2, 0.25) is 0 Å². The molecule has 1 spiro atoms. The molecule has 4 nitrogen and oxygen atoms in total. The maximum absolute atomic E-state index is 12.1. The van der Waals surface area contributed by atoms with Gasteiger partial charge in [-0.3, -0.25) is 0 Å². The number of hydrogen-bond acceptors (Lipinski definition) is 2. The van der Waals surface area contributed by atoms with Crippen molar-refractivity contribution in [1.29, 1.82) is 0 Å². The summed E-state index contributed by atoms with van der Waals surface area (Å²) in [7, 11) is 0. The number of nitrogens with zero attached hydrogens (tertiary/aromatic N) is 1. The molecule has 0 aromatic heterocycles. The molecule has 2 aliphatic heterocycles. The first-order valence-corrected chi connectivity index (χ1v) is 6.97. The minimum atomic E-state index is 0.00696. The molecule has 3 fully saturated rings. The number of nitrogens with one attached hydrogen (secondary N) is 1. The number of urea groups is 1. The van der Waals surface area contributed by atoms with Crippen LogP contribution in [-0.2, 0) is 4.74 Å². The van der Waals surface area contributed by atoms with Gasteiger partial charge in [-0.2, -0.15) is 0 Å². The molecule has 1 saturated carbocycles. The van der Waals surface area contributed by atoms with Crippen molar-refractivity contribution in [3.63, 3.8) is 0 Å². The summed E-state index contributed by atoms with van der Waals surface area (Å²) < 4.78 is 5.83. The number of likely N-dealkylation sites (tertiary alicyclic amines) is 1. The summed E-state index contributed by atoms with van der Waals surface area (Å²) in [5.41, 5.74) is 0.00696. The van der Waals surface area contributed by atoms with Crippen LogP contribution >= 0.6 is 0 Å². The molecule has 0 radical (unpaired) electrons.